The molecule has 1 aromatic carbocycles. The molecule has 0 aliphatic carbocycles. The number of likely N-dealkylation sites (N-methyl/N-ethyl adjacent to an activating group) is 1. The Labute approximate surface area is 98.7 Å². The van der Waals surface area contributed by atoms with Crippen LogP contribution in [0.4, 0.5) is 5.69 Å². The third kappa shape index (κ3) is 2.56. The highest BCUT2D eigenvalue weighted by atomic mass is 15.1. The Morgan fingerprint density at radius 2 is 2.12 bits per heavy atom. The van der Waals surface area contributed by atoms with E-state index in [-0.39, 0.29) is 0 Å². The molecule has 1 aliphatic rings. The number of nitrogens with zero attached hydrogens (tertiary/aromatic N) is 1. The van der Waals surface area contributed by atoms with E-state index >= 15 is 0 Å². The molecule has 1 atom stereocenters. The molecule has 1 heterocycles. The van der Waals surface area contributed by atoms with Crippen LogP contribution in [-0.4, -0.2) is 30.6 Å². The van der Waals surface area contributed by atoms with Crippen LogP contribution >= 0.6 is 0 Å². The first-order valence-electron chi connectivity index (χ1n) is 6.40. The zero-order chi connectivity index (χ0) is 11.4. The first kappa shape index (κ1) is 11.5. The maximum atomic E-state index is 3.62. The largest absolute Gasteiger partial charge is 0.380 e. The summed E-state index contributed by atoms with van der Waals surface area (Å²) in [6.45, 7) is 8.03. The number of fused-ring (bicyclic) bond motifs is 1. The lowest BCUT2D eigenvalue weighted by atomic mass is 10.1. The smallest absolute Gasteiger partial charge is 0.0429 e. The van der Waals surface area contributed by atoms with Crippen LogP contribution in [0.5, 0.6) is 0 Å². The molecule has 0 amide bonds. The van der Waals surface area contributed by atoms with Crippen molar-refractivity contribution < 1.29 is 0 Å². The Hall–Kier alpha value is -1.02. The molecule has 2 rings (SSSR count). The van der Waals surface area contributed by atoms with Crippen molar-refractivity contribution in [2.45, 2.75) is 32.7 Å². The molecule has 88 valence electrons. The number of benzene rings is 1. The van der Waals surface area contributed by atoms with Gasteiger partial charge in [0.05, 0.1) is 0 Å². The molecule has 16 heavy (non-hydrogen) atoms. The van der Waals surface area contributed by atoms with E-state index in [0.29, 0.717) is 6.04 Å². The van der Waals surface area contributed by atoms with Crippen LogP contribution in [0.2, 0.25) is 0 Å². The van der Waals surface area contributed by atoms with Crippen molar-refractivity contribution in [1.82, 2.24) is 4.90 Å². The van der Waals surface area contributed by atoms with Gasteiger partial charge in [0.1, 0.15) is 0 Å². The van der Waals surface area contributed by atoms with Crippen molar-refractivity contribution in [2.24, 2.45) is 0 Å². The molecule has 1 aliphatic heterocycles. The maximum Gasteiger partial charge on any atom is 0.0429 e. The maximum absolute atomic E-state index is 3.62. The number of hydrogen-bond donors (Lipinski definition) is 1. The van der Waals surface area contributed by atoms with Gasteiger partial charge in [0.2, 0.25) is 0 Å². The molecule has 0 aromatic heterocycles. The predicted molar refractivity (Wildman–Crippen MR) is 70.0 cm³/mol. The third-order valence-corrected chi connectivity index (χ3v) is 3.31. The highest BCUT2D eigenvalue weighted by molar-refractivity contribution is 5.56. The SMILES string of the molecule is CCCN(CC)CC1Cc2ccccc2N1. The standard InChI is InChI=1S/C14H22N2/c1-3-9-16(4-2)11-13-10-12-7-5-6-8-14(12)15-13/h5-8,13,15H,3-4,9-11H2,1-2H3. The van der Waals surface area contributed by atoms with E-state index in [2.05, 4.69) is 48.3 Å². The lowest BCUT2D eigenvalue weighted by Crippen LogP contribution is -2.36. The van der Waals surface area contributed by atoms with E-state index in [0.717, 1.165) is 6.54 Å². The molecule has 0 bridgehead atoms. The Morgan fingerprint density at radius 3 is 2.81 bits per heavy atom. The summed E-state index contributed by atoms with van der Waals surface area (Å²) < 4.78 is 0. The quantitative estimate of drug-likeness (QED) is 0.817. The van der Waals surface area contributed by atoms with Crippen LogP contribution < -0.4 is 5.32 Å². The number of rotatable bonds is 5. The van der Waals surface area contributed by atoms with E-state index in [4.69, 9.17) is 0 Å². The fourth-order valence-corrected chi connectivity index (χ4v) is 2.49. The molecular weight excluding hydrogens is 196 g/mol. The highest BCUT2D eigenvalue weighted by Crippen LogP contribution is 2.25. The van der Waals surface area contributed by atoms with Gasteiger partial charge in [-0.3, -0.25) is 0 Å². The van der Waals surface area contributed by atoms with Crippen molar-refractivity contribution in [2.75, 3.05) is 25.0 Å². The van der Waals surface area contributed by atoms with Gasteiger partial charge in [0.25, 0.3) is 0 Å². The lowest BCUT2D eigenvalue weighted by molar-refractivity contribution is 0.277. The van der Waals surface area contributed by atoms with Gasteiger partial charge in [0.15, 0.2) is 0 Å². The average Bonchev–Trinajstić information content (AvgIpc) is 2.70. The summed E-state index contributed by atoms with van der Waals surface area (Å²) in [6, 6.07) is 9.26. The monoisotopic (exact) mass is 218 g/mol. The molecule has 0 saturated heterocycles. The van der Waals surface area contributed by atoms with Crippen molar-refractivity contribution in [3.05, 3.63) is 29.8 Å². The number of hydrogen-bond acceptors (Lipinski definition) is 2. The third-order valence-electron chi connectivity index (χ3n) is 3.31. The minimum absolute atomic E-state index is 0.601. The zero-order valence-electron chi connectivity index (χ0n) is 10.4. The summed E-state index contributed by atoms with van der Waals surface area (Å²) >= 11 is 0. The van der Waals surface area contributed by atoms with Gasteiger partial charge in [0, 0.05) is 18.3 Å². The van der Waals surface area contributed by atoms with Gasteiger partial charge in [-0.1, -0.05) is 32.0 Å². The molecule has 2 heteroatoms. The normalized spacial score (nSPS) is 18.6. The van der Waals surface area contributed by atoms with Crippen LogP contribution in [0.3, 0.4) is 0 Å². The second kappa shape index (κ2) is 5.35. The number of para-hydroxylation sites is 1. The van der Waals surface area contributed by atoms with Crippen molar-refractivity contribution in [3.8, 4) is 0 Å². The van der Waals surface area contributed by atoms with Crippen molar-refractivity contribution in [3.63, 3.8) is 0 Å². The molecular formula is C14H22N2. The molecule has 1 N–H and O–H groups in total. The Morgan fingerprint density at radius 1 is 1.31 bits per heavy atom. The van der Waals surface area contributed by atoms with Crippen molar-refractivity contribution >= 4 is 5.69 Å². The minimum atomic E-state index is 0.601. The summed E-state index contributed by atoms with van der Waals surface area (Å²) in [5.74, 6) is 0. The Kier molecular flexibility index (Phi) is 3.83. The number of anilines is 1. The van der Waals surface area contributed by atoms with Gasteiger partial charge in [-0.15, -0.1) is 0 Å². The minimum Gasteiger partial charge on any atom is -0.380 e. The highest BCUT2D eigenvalue weighted by Gasteiger charge is 2.21. The van der Waals surface area contributed by atoms with E-state index in [1.54, 1.807) is 0 Å². The summed E-state index contributed by atoms with van der Waals surface area (Å²) in [6.07, 6.45) is 2.42. The summed E-state index contributed by atoms with van der Waals surface area (Å²) in [5, 5.41) is 3.62. The fraction of sp³-hybridized carbons (Fsp3) is 0.571. The summed E-state index contributed by atoms with van der Waals surface area (Å²) in [4.78, 5) is 2.53. The van der Waals surface area contributed by atoms with Gasteiger partial charge >= 0.3 is 0 Å². The van der Waals surface area contributed by atoms with Crippen LogP contribution in [0, 0.1) is 0 Å². The zero-order valence-corrected chi connectivity index (χ0v) is 10.4. The van der Waals surface area contributed by atoms with Crippen LogP contribution in [0.25, 0.3) is 0 Å². The lowest BCUT2D eigenvalue weighted by Gasteiger charge is -2.23. The number of nitrogens with one attached hydrogen (secondary N) is 1. The van der Waals surface area contributed by atoms with Crippen LogP contribution in [0.15, 0.2) is 24.3 Å². The second-order valence-corrected chi connectivity index (χ2v) is 4.60. The van der Waals surface area contributed by atoms with Gasteiger partial charge in [-0.2, -0.15) is 0 Å². The molecule has 1 aromatic rings. The van der Waals surface area contributed by atoms with E-state index < -0.39 is 0 Å². The van der Waals surface area contributed by atoms with Crippen LogP contribution in [0.1, 0.15) is 25.8 Å². The first-order chi connectivity index (χ1) is 7.83. The van der Waals surface area contributed by atoms with E-state index in [1.165, 1.54) is 37.2 Å². The molecule has 0 fully saturated rings. The van der Waals surface area contributed by atoms with Gasteiger partial charge < -0.3 is 10.2 Å². The average molecular weight is 218 g/mol. The van der Waals surface area contributed by atoms with E-state index in [9.17, 15) is 0 Å². The predicted octanol–water partition coefficient (Wildman–Crippen LogP) is 2.76. The summed E-state index contributed by atoms with van der Waals surface area (Å²) in [7, 11) is 0. The Bertz CT molecular complexity index is 310. The van der Waals surface area contributed by atoms with E-state index in [1.807, 2.05) is 0 Å². The second-order valence-electron chi connectivity index (χ2n) is 4.60. The first-order valence-corrected chi connectivity index (χ1v) is 6.40. The molecule has 1 unspecified atom stereocenters. The fourth-order valence-electron chi connectivity index (χ4n) is 2.49. The summed E-state index contributed by atoms with van der Waals surface area (Å²) in [5.41, 5.74) is 2.81. The topological polar surface area (TPSA) is 15.3 Å². The van der Waals surface area contributed by atoms with Crippen molar-refractivity contribution in [1.29, 1.82) is 0 Å². The van der Waals surface area contributed by atoms with Crippen LogP contribution in [-0.2, 0) is 6.42 Å². The Balaban J connectivity index is 1.91. The molecule has 0 radical (unpaired) electrons. The van der Waals surface area contributed by atoms with Gasteiger partial charge in [-0.05, 0) is 37.6 Å². The molecule has 0 saturated carbocycles. The molecule has 2 nitrogen and oxygen atoms in total. The molecule has 0 spiro atoms. The van der Waals surface area contributed by atoms with Gasteiger partial charge in [-0.25, -0.2) is 0 Å².